The quantitative estimate of drug-likeness (QED) is 0.847. The molecule has 1 N–H and O–H groups in total. The van der Waals surface area contributed by atoms with Crippen molar-refractivity contribution in [2.45, 2.75) is 19.7 Å². The number of halogens is 3. The van der Waals surface area contributed by atoms with Crippen LogP contribution in [0.1, 0.15) is 11.1 Å². The number of rotatable bonds is 2. The fraction of sp³-hybridized carbons (Fsp3) is 0.333. The van der Waals surface area contributed by atoms with E-state index in [4.69, 9.17) is 5.26 Å². The largest absolute Gasteiger partial charge is 0.574 e. The van der Waals surface area contributed by atoms with Crippen LogP contribution < -0.4 is 4.74 Å². The minimum absolute atomic E-state index is 0.0803. The Morgan fingerprint density at radius 2 is 2.19 bits per heavy atom. The number of aromatic hydroxyl groups is 1. The zero-order valence-electron chi connectivity index (χ0n) is 8.17. The molecule has 0 bridgehead atoms. The van der Waals surface area contributed by atoms with Gasteiger partial charge in [-0.15, -0.1) is 13.2 Å². The first-order valence-corrected chi connectivity index (χ1v) is 4.15. The van der Waals surface area contributed by atoms with Gasteiger partial charge in [0.05, 0.1) is 12.5 Å². The number of pyridine rings is 1. The van der Waals surface area contributed by atoms with E-state index in [1.165, 1.54) is 6.92 Å². The van der Waals surface area contributed by atoms with E-state index in [1.807, 2.05) is 0 Å². The molecule has 0 aliphatic rings. The molecule has 0 aromatic carbocycles. The van der Waals surface area contributed by atoms with Gasteiger partial charge in [-0.3, -0.25) is 0 Å². The maximum Gasteiger partial charge on any atom is 0.574 e. The molecule has 86 valence electrons. The van der Waals surface area contributed by atoms with Crippen LogP contribution in [0, 0.1) is 18.3 Å². The summed E-state index contributed by atoms with van der Waals surface area (Å²) in [6, 6.07) is 1.73. The molecule has 4 nitrogen and oxygen atoms in total. The first-order chi connectivity index (χ1) is 7.35. The van der Waals surface area contributed by atoms with E-state index < -0.39 is 18.0 Å². The highest BCUT2D eigenvalue weighted by molar-refractivity contribution is 5.45. The van der Waals surface area contributed by atoms with Gasteiger partial charge in [-0.2, -0.15) is 5.26 Å². The lowest BCUT2D eigenvalue weighted by atomic mass is 10.1. The maximum atomic E-state index is 11.9. The van der Waals surface area contributed by atoms with Gasteiger partial charge < -0.3 is 9.84 Å². The van der Waals surface area contributed by atoms with E-state index in [9.17, 15) is 18.3 Å². The van der Waals surface area contributed by atoms with Crippen LogP contribution >= 0.6 is 0 Å². The lowest BCUT2D eigenvalue weighted by Gasteiger charge is -2.12. The Labute approximate surface area is 88.9 Å². The van der Waals surface area contributed by atoms with Gasteiger partial charge in [0.15, 0.2) is 5.75 Å². The van der Waals surface area contributed by atoms with E-state index in [-0.39, 0.29) is 12.0 Å². The summed E-state index contributed by atoms with van der Waals surface area (Å²) in [6.45, 7) is 1.52. The molecule has 0 unspecified atom stereocenters. The number of aryl methyl sites for hydroxylation is 1. The van der Waals surface area contributed by atoms with Crippen LogP contribution in [-0.4, -0.2) is 16.5 Å². The van der Waals surface area contributed by atoms with E-state index in [0.717, 1.165) is 6.20 Å². The first kappa shape index (κ1) is 12.1. The molecular weight excluding hydrogens is 225 g/mol. The van der Waals surface area contributed by atoms with Crippen molar-refractivity contribution in [2.75, 3.05) is 0 Å². The Morgan fingerprint density at radius 3 is 2.69 bits per heavy atom. The molecule has 7 heteroatoms. The van der Waals surface area contributed by atoms with Crippen LogP contribution in [0.25, 0.3) is 0 Å². The molecule has 1 rings (SSSR count). The van der Waals surface area contributed by atoms with Crippen molar-refractivity contribution in [3.63, 3.8) is 0 Å². The zero-order chi connectivity index (χ0) is 12.3. The third-order valence-corrected chi connectivity index (χ3v) is 1.81. The summed E-state index contributed by atoms with van der Waals surface area (Å²) in [7, 11) is 0. The summed E-state index contributed by atoms with van der Waals surface area (Å²) >= 11 is 0. The molecule has 0 fully saturated rings. The van der Waals surface area contributed by atoms with Gasteiger partial charge >= 0.3 is 6.36 Å². The minimum Gasteiger partial charge on any atom is -0.503 e. The number of alkyl halides is 3. The van der Waals surface area contributed by atoms with Crippen molar-refractivity contribution in [1.82, 2.24) is 4.98 Å². The summed E-state index contributed by atoms with van der Waals surface area (Å²) in [5.41, 5.74) is 0.505. The maximum absolute atomic E-state index is 11.9. The van der Waals surface area contributed by atoms with E-state index in [0.29, 0.717) is 5.56 Å². The molecule has 0 amide bonds. The number of hydrogen-bond acceptors (Lipinski definition) is 4. The standard InChI is InChI=1S/C9H7F3N2O2/c1-5-4-14-8(16-9(10,11)12)7(15)6(5)2-3-13/h4,15H,2H2,1H3. The molecule has 0 aliphatic heterocycles. The monoisotopic (exact) mass is 232 g/mol. The molecule has 16 heavy (non-hydrogen) atoms. The van der Waals surface area contributed by atoms with Gasteiger partial charge in [0.1, 0.15) is 0 Å². The van der Waals surface area contributed by atoms with Crippen molar-refractivity contribution in [3.8, 4) is 17.7 Å². The zero-order valence-corrected chi connectivity index (χ0v) is 8.17. The minimum atomic E-state index is -4.93. The lowest BCUT2D eigenvalue weighted by molar-refractivity contribution is -0.276. The van der Waals surface area contributed by atoms with Crippen molar-refractivity contribution >= 4 is 0 Å². The van der Waals surface area contributed by atoms with Gasteiger partial charge in [-0.1, -0.05) is 0 Å². The van der Waals surface area contributed by atoms with Crippen molar-refractivity contribution < 1.29 is 23.0 Å². The topological polar surface area (TPSA) is 66.1 Å². The molecule has 1 aromatic rings. The number of aromatic nitrogens is 1. The Kier molecular flexibility index (Phi) is 3.22. The molecule has 0 aliphatic carbocycles. The fourth-order valence-electron chi connectivity index (χ4n) is 1.10. The van der Waals surface area contributed by atoms with E-state index in [2.05, 4.69) is 9.72 Å². The van der Waals surface area contributed by atoms with Gasteiger partial charge in [-0.25, -0.2) is 4.98 Å². The smallest absolute Gasteiger partial charge is 0.503 e. The molecule has 1 aromatic heterocycles. The van der Waals surface area contributed by atoms with E-state index >= 15 is 0 Å². The van der Waals surface area contributed by atoms with Crippen LogP contribution in [0.3, 0.4) is 0 Å². The van der Waals surface area contributed by atoms with Gasteiger partial charge in [0, 0.05) is 11.8 Å². The SMILES string of the molecule is Cc1cnc(OC(F)(F)F)c(O)c1CC#N. The second-order valence-electron chi connectivity index (χ2n) is 2.96. The third-order valence-electron chi connectivity index (χ3n) is 1.81. The predicted molar refractivity (Wildman–Crippen MR) is 46.6 cm³/mol. The second kappa shape index (κ2) is 4.26. The molecular formula is C9H7F3N2O2. The fourth-order valence-corrected chi connectivity index (χ4v) is 1.10. The molecule has 0 atom stereocenters. The molecule has 0 spiro atoms. The Bertz CT molecular complexity index is 438. The molecule has 0 saturated carbocycles. The van der Waals surface area contributed by atoms with Crippen LogP contribution in [0.4, 0.5) is 13.2 Å². The first-order valence-electron chi connectivity index (χ1n) is 4.15. The summed E-state index contributed by atoms with van der Waals surface area (Å²) in [5.74, 6) is -1.69. The molecule has 1 heterocycles. The second-order valence-corrected chi connectivity index (χ2v) is 2.96. The average Bonchev–Trinajstić information content (AvgIpc) is 2.15. The van der Waals surface area contributed by atoms with Crippen molar-refractivity contribution in [2.24, 2.45) is 0 Å². The summed E-state index contributed by atoms with van der Waals surface area (Å²) in [4.78, 5) is 3.30. The van der Waals surface area contributed by atoms with Crippen LogP contribution in [0.15, 0.2) is 6.20 Å². The molecule has 0 radical (unpaired) electrons. The Hall–Kier alpha value is -1.97. The van der Waals surface area contributed by atoms with E-state index in [1.54, 1.807) is 6.07 Å². The van der Waals surface area contributed by atoms with Crippen molar-refractivity contribution in [3.05, 3.63) is 17.3 Å². The highest BCUT2D eigenvalue weighted by Gasteiger charge is 2.33. The van der Waals surface area contributed by atoms with Gasteiger partial charge in [0.25, 0.3) is 5.88 Å². The number of nitrogens with zero attached hydrogens (tertiary/aromatic N) is 2. The number of hydrogen-bond donors (Lipinski definition) is 1. The summed E-state index contributed by atoms with van der Waals surface area (Å²) < 4.78 is 39.2. The highest BCUT2D eigenvalue weighted by atomic mass is 19.4. The van der Waals surface area contributed by atoms with Gasteiger partial charge in [0.2, 0.25) is 0 Å². The summed E-state index contributed by atoms with van der Waals surface area (Å²) in [5, 5.41) is 17.9. The predicted octanol–water partition coefficient (Wildman–Crippen LogP) is 2.06. The van der Waals surface area contributed by atoms with Gasteiger partial charge in [-0.05, 0) is 12.5 Å². The van der Waals surface area contributed by atoms with Crippen LogP contribution in [0.5, 0.6) is 11.6 Å². The molecule has 0 saturated heterocycles. The summed E-state index contributed by atoms with van der Waals surface area (Å²) in [6.07, 6.45) is -4.04. The lowest BCUT2D eigenvalue weighted by Crippen LogP contribution is -2.18. The number of nitriles is 1. The highest BCUT2D eigenvalue weighted by Crippen LogP contribution is 2.33. The Balaban J connectivity index is 3.14. The van der Waals surface area contributed by atoms with Crippen molar-refractivity contribution in [1.29, 1.82) is 5.26 Å². The third kappa shape index (κ3) is 2.76. The Morgan fingerprint density at radius 1 is 1.56 bits per heavy atom. The number of ether oxygens (including phenoxy) is 1. The average molecular weight is 232 g/mol. The van der Waals surface area contributed by atoms with Crippen LogP contribution in [-0.2, 0) is 6.42 Å². The normalized spacial score (nSPS) is 10.9. The van der Waals surface area contributed by atoms with Crippen LogP contribution in [0.2, 0.25) is 0 Å².